The molecule has 16 heavy (non-hydrogen) atoms. The summed E-state index contributed by atoms with van der Waals surface area (Å²) in [5.41, 5.74) is 5.92. The van der Waals surface area contributed by atoms with Crippen LogP contribution in [0.5, 0.6) is 0 Å². The van der Waals surface area contributed by atoms with Crippen LogP contribution < -0.4 is 5.73 Å². The zero-order valence-corrected chi connectivity index (χ0v) is 9.95. The molecular weight excluding hydrogens is 206 g/mol. The van der Waals surface area contributed by atoms with Gasteiger partial charge in [-0.2, -0.15) is 0 Å². The molecule has 5 heteroatoms. The first-order chi connectivity index (χ1) is 7.76. The van der Waals surface area contributed by atoms with Crippen molar-refractivity contribution >= 4 is 5.96 Å². The van der Waals surface area contributed by atoms with Crippen LogP contribution in [0.1, 0.15) is 19.3 Å². The van der Waals surface area contributed by atoms with Crippen molar-refractivity contribution in [2.24, 2.45) is 10.7 Å². The van der Waals surface area contributed by atoms with Gasteiger partial charge in [0.25, 0.3) is 0 Å². The van der Waals surface area contributed by atoms with Gasteiger partial charge in [-0.3, -0.25) is 4.99 Å². The molecule has 0 amide bonds. The van der Waals surface area contributed by atoms with Crippen molar-refractivity contribution < 1.29 is 9.47 Å². The van der Waals surface area contributed by atoms with E-state index in [2.05, 4.69) is 9.89 Å². The standard InChI is InChI=1S/C11H21N3O2/c1-15-11(3-2-4-11)9-13-10(12)14-5-7-16-8-6-14/h2-9H2,1H3,(H2,12,13). The first-order valence-electron chi connectivity index (χ1n) is 5.93. The van der Waals surface area contributed by atoms with Crippen molar-refractivity contribution in [1.82, 2.24) is 4.90 Å². The summed E-state index contributed by atoms with van der Waals surface area (Å²) in [6.45, 7) is 3.86. The van der Waals surface area contributed by atoms with Gasteiger partial charge >= 0.3 is 0 Å². The maximum absolute atomic E-state index is 5.95. The minimum atomic E-state index is -0.0308. The van der Waals surface area contributed by atoms with Gasteiger partial charge < -0.3 is 20.1 Å². The highest BCUT2D eigenvalue weighted by Gasteiger charge is 2.36. The summed E-state index contributed by atoms with van der Waals surface area (Å²) < 4.78 is 10.8. The predicted molar refractivity (Wildman–Crippen MR) is 62.5 cm³/mol. The van der Waals surface area contributed by atoms with E-state index in [-0.39, 0.29) is 5.60 Å². The van der Waals surface area contributed by atoms with Crippen molar-refractivity contribution in [1.29, 1.82) is 0 Å². The Labute approximate surface area is 96.6 Å². The third kappa shape index (κ3) is 2.47. The van der Waals surface area contributed by atoms with Gasteiger partial charge in [0.2, 0.25) is 0 Å². The van der Waals surface area contributed by atoms with E-state index in [1.54, 1.807) is 7.11 Å². The molecule has 0 spiro atoms. The highest BCUT2D eigenvalue weighted by Crippen LogP contribution is 2.35. The average Bonchev–Trinajstić information content (AvgIpc) is 2.29. The molecule has 92 valence electrons. The second kappa shape index (κ2) is 5.01. The molecule has 0 unspecified atom stereocenters. The number of nitrogens with zero attached hydrogens (tertiary/aromatic N) is 2. The van der Waals surface area contributed by atoms with Crippen LogP contribution in [-0.4, -0.2) is 56.4 Å². The van der Waals surface area contributed by atoms with Gasteiger partial charge in [0.15, 0.2) is 5.96 Å². The maximum Gasteiger partial charge on any atom is 0.191 e. The molecule has 1 aliphatic heterocycles. The topological polar surface area (TPSA) is 60.1 Å². The quantitative estimate of drug-likeness (QED) is 0.553. The molecule has 2 aliphatic rings. The van der Waals surface area contributed by atoms with Gasteiger partial charge in [0, 0.05) is 20.2 Å². The molecule has 0 atom stereocenters. The van der Waals surface area contributed by atoms with Crippen LogP contribution in [0.15, 0.2) is 4.99 Å². The lowest BCUT2D eigenvalue weighted by Crippen LogP contribution is -2.47. The smallest absolute Gasteiger partial charge is 0.191 e. The zero-order chi connectivity index (χ0) is 11.4. The van der Waals surface area contributed by atoms with E-state index in [0.29, 0.717) is 12.5 Å². The molecule has 1 aliphatic carbocycles. The summed E-state index contributed by atoms with van der Waals surface area (Å²) in [4.78, 5) is 6.53. The van der Waals surface area contributed by atoms with Crippen LogP contribution in [0.2, 0.25) is 0 Å². The molecule has 2 N–H and O–H groups in total. The molecule has 5 nitrogen and oxygen atoms in total. The molecule has 0 bridgehead atoms. The Balaban J connectivity index is 1.85. The van der Waals surface area contributed by atoms with E-state index in [9.17, 15) is 0 Å². The number of hydrogen-bond acceptors (Lipinski definition) is 3. The third-order valence-electron chi connectivity index (χ3n) is 3.56. The van der Waals surface area contributed by atoms with Gasteiger partial charge in [0.1, 0.15) is 0 Å². The van der Waals surface area contributed by atoms with Crippen LogP contribution in [0.25, 0.3) is 0 Å². The van der Waals surface area contributed by atoms with E-state index in [1.165, 1.54) is 6.42 Å². The molecule has 0 aromatic carbocycles. The summed E-state index contributed by atoms with van der Waals surface area (Å²) in [7, 11) is 1.76. The molecule has 0 radical (unpaired) electrons. The Morgan fingerprint density at radius 2 is 2.12 bits per heavy atom. The number of guanidine groups is 1. The number of ether oxygens (including phenoxy) is 2. The van der Waals surface area contributed by atoms with Crippen LogP contribution in [0.3, 0.4) is 0 Å². The summed E-state index contributed by atoms with van der Waals surface area (Å²) in [5, 5.41) is 0. The summed E-state index contributed by atoms with van der Waals surface area (Å²) in [6, 6.07) is 0. The Morgan fingerprint density at radius 3 is 2.62 bits per heavy atom. The lowest BCUT2D eigenvalue weighted by atomic mass is 9.80. The van der Waals surface area contributed by atoms with E-state index in [4.69, 9.17) is 15.2 Å². The molecule has 1 saturated heterocycles. The fourth-order valence-corrected chi connectivity index (χ4v) is 2.12. The maximum atomic E-state index is 5.95. The third-order valence-corrected chi connectivity index (χ3v) is 3.56. The molecule has 1 saturated carbocycles. The lowest BCUT2D eigenvalue weighted by molar-refractivity contribution is -0.0631. The van der Waals surface area contributed by atoms with E-state index in [0.717, 1.165) is 39.1 Å². The van der Waals surface area contributed by atoms with Crippen molar-refractivity contribution in [3.05, 3.63) is 0 Å². The number of methoxy groups -OCH3 is 1. The van der Waals surface area contributed by atoms with Gasteiger partial charge in [-0.25, -0.2) is 0 Å². The molecule has 0 aromatic heterocycles. The predicted octanol–water partition coefficient (Wildman–Crippen LogP) is 0.202. The number of hydrogen-bond donors (Lipinski definition) is 1. The van der Waals surface area contributed by atoms with Crippen molar-refractivity contribution in [3.8, 4) is 0 Å². The van der Waals surface area contributed by atoms with Crippen molar-refractivity contribution in [2.75, 3.05) is 40.0 Å². The van der Waals surface area contributed by atoms with Gasteiger partial charge in [0.05, 0.1) is 25.4 Å². The minimum absolute atomic E-state index is 0.0308. The van der Waals surface area contributed by atoms with Gasteiger partial charge in [-0.1, -0.05) is 0 Å². The Kier molecular flexibility index (Phi) is 3.66. The van der Waals surface area contributed by atoms with E-state index < -0.39 is 0 Å². The first-order valence-corrected chi connectivity index (χ1v) is 5.93. The normalized spacial score (nSPS) is 25.3. The fraction of sp³-hybridized carbons (Fsp3) is 0.909. The number of nitrogens with two attached hydrogens (primary N) is 1. The molecule has 0 aromatic rings. The number of morpholine rings is 1. The second-order valence-corrected chi connectivity index (χ2v) is 4.51. The van der Waals surface area contributed by atoms with Crippen LogP contribution in [-0.2, 0) is 9.47 Å². The van der Waals surface area contributed by atoms with E-state index >= 15 is 0 Å². The van der Waals surface area contributed by atoms with Crippen molar-refractivity contribution in [2.45, 2.75) is 24.9 Å². The molecule has 2 rings (SSSR count). The highest BCUT2D eigenvalue weighted by atomic mass is 16.5. The molecule has 2 fully saturated rings. The zero-order valence-electron chi connectivity index (χ0n) is 9.95. The van der Waals surface area contributed by atoms with Crippen LogP contribution in [0.4, 0.5) is 0 Å². The molecular formula is C11H21N3O2. The van der Waals surface area contributed by atoms with Crippen LogP contribution in [0, 0.1) is 0 Å². The lowest BCUT2D eigenvalue weighted by Gasteiger charge is -2.39. The number of aliphatic imine (C=N–C) groups is 1. The summed E-state index contributed by atoms with van der Waals surface area (Å²) >= 11 is 0. The van der Waals surface area contributed by atoms with Crippen molar-refractivity contribution in [3.63, 3.8) is 0 Å². The average molecular weight is 227 g/mol. The minimum Gasteiger partial charge on any atom is -0.378 e. The van der Waals surface area contributed by atoms with Gasteiger partial charge in [-0.05, 0) is 19.3 Å². The second-order valence-electron chi connectivity index (χ2n) is 4.51. The Bertz CT molecular complexity index is 252. The molecule has 1 heterocycles. The first kappa shape index (κ1) is 11.7. The largest absolute Gasteiger partial charge is 0.378 e. The van der Waals surface area contributed by atoms with E-state index in [1.807, 2.05) is 0 Å². The number of rotatable bonds is 3. The fourth-order valence-electron chi connectivity index (χ4n) is 2.12. The monoisotopic (exact) mass is 227 g/mol. The Morgan fingerprint density at radius 1 is 1.44 bits per heavy atom. The van der Waals surface area contributed by atoms with Gasteiger partial charge in [-0.15, -0.1) is 0 Å². The SMILES string of the molecule is COC1(CN=C(N)N2CCOCC2)CCC1. The van der Waals surface area contributed by atoms with Crippen LogP contribution >= 0.6 is 0 Å². The highest BCUT2D eigenvalue weighted by molar-refractivity contribution is 5.78. The summed E-state index contributed by atoms with van der Waals surface area (Å²) in [6.07, 6.45) is 3.44. The summed E-state index contributed by atoms with van der Waals surface area (Å²) in [5.74, 6) is 0.631. The Hall–Kier alpha value is -0.810.